The van der Waals surface area contributed by atoms with Crippen LogP contribution in [-0.2, 0) is 21.7 Å². The molecule has 1 atom stereocenters. The van der Waals surface area contributed by atoms with Gasteiger partial charge in [-0.25, -0.2) is 0 Å². The summed E-state index contributed by atoms with van der Waals surface area (Å²) in [7, 11) is -0.339. The van der Waals surface area contributed by atoms with Crippen molar-refractivity contribution in [2.24, 2.45) is 0 Å². The fourth-order valence-electron chi connectivity index (χ4n) is 4.65. The molecule has 1 aliphatic carbocycles. The van der Waals surface area contributed by atoms with E-state index in [0.29, 0.717) is 5.54 Å². The van der Waals surface area contributed by atoms with Gasteiger partial charge in [-0.05, 0) is 45.8 Å². The second-order valence-corrected chi connectivity index (χ2v) is 11.8. The number of rotatable bonds is 5. The first-order chi connectivity index (χ1) is 17.1. The first-order valence-electron chi connectivity index (χ1n) is 12.2. The molecule has 0 aliphatic heterocycles. The van der Waals surface area contributed by atoms with Crippen molar-refractivity contribution >= 4 is 27.0 Å². The number of benzene rings is 4. The zero-order chi connectivity index (χ0) is 24.5. The van der Waals surface area contributed by atoms with E-state index < -0.39 is 0 Å². The molecule has 4 aromatic rings. The molecule has 36 heavy (non-hydrogen) atoms. The molecule has 4 aromatic carbocycles. The van der Waals surface area contributed by atoms with Crippen molar-refractivity contribution in [3.63, 3.8) is 0 Å². The average molecular weight is 518 g/mol. The summed E-state index contributed by atoms with van der Waals surface area (Å²) in [5, 5.41) is 0. The number of hydrogen-bond acceptors (Lipinski definition) is 0. The Morgan fingerprint density at radius 2 is 1.11 bits per heavy atom. The maximum absolute atomic E-state index is 2.41. The topological polar surface area (TPSA) is 0 Å². The normalized spacial score (nSPS) is 14.2. The molecule has 1 radical (unpaired) electrons. The van der Waals surface area contributed by atoms with Gasteiger partial charge >= 0.3 is 0 Å². The maximum atomic E-state index is 2.41. The molecule has 1 unspecified atom stereocenters. The van der Waals surface area contributed by atoms with E-state index in [-0.39, 0.29) is 30.5 Å². The van der Waals surface area contributed by atoms with Gasteiger partial charge in [-0.15, -0.1) is 0 Å². The predicted molar refractivity (Wildman–Crippen MR) is 157 cm³/mol. The van der Waals surface area contributed by atoms with Gasteiger partial charge in [-0.3, -0.25) is 0 Å². The molecule has 0 spiro atoms. The maximum Gasteiger partial charge on any atom is 0.0551 e. The minimum atomic E-state index is -0.339. The van der Waals surface area contributed by atoms with Crippen molar-refractivity contribution in [2.45, 2.75) is 25.6 Å². The molecule has 0 N–H and O–H groups in total. The fraction of sp³-hybridized carbons (Fsp3) is 0.118. The van der Waals surface area contributed by atoms with Crippen LogP contribution in [0.15, 0.2) is 127 Å². The Morgan fingerprint density at radius 3 is 1.61 bits per heavy atom. The number of allylic oxidation sites excluding steroid dienone is 3. The van der Waals surface area contributed by atoms with Crippen LogP contribution in [0.25, 0.3) is 29.4 Å². The van der Waals surface area contributed by atoms with Crippen LogP contribution < -0.4 is 0 Å². The quantitative estimate of drug-likeness (QED) is 0.183. The Hall–Kier alpha value is -2.97. The Balaban J connectivity index is 0.000000198. The molecule has 177 valence electrons. The van der Waals surface area contributed by atoms with Gasteiger partial charge in [0.2, 0.25) is 0 Å². The van der Waals surface area contributed by atoms with Crippen LogP contribution in [0.5, 0.6) is 0 Å². The van der Waals surface area contributed by atoms with E-state index in [4.69, 9.17) is 0 Å². The Labute approximate surface area is 233 Å². The Kier molecular flexibility index (Phi) is 10.7. The zero-order valence-corrected chi connectivity index (χ0v) is 23.9. The molecule has 0 saturated heterocycles. The second-order valence-electron chi connectivity index (χ2n) is 9.11. The smallest absolute Gasteiger partial charge is 0.0551 e. The van der Waals surface area contributed by atoms with Crippen LogP contribution >= 0.6 is 0 Å². The van der Waals surface area contributed by atoms with Gasteiger partial charge < -0.3 is 0 Å². The molecule has 1 aliphatic rings. The van der Waals surface area contributed by atoms with E-state index in [9.17, 15) is 0 Å². The standard InChI is InChI=1S/C18H19Si.C16H14.Ti/c1-13-12-17-15(14-8-5-4-6-9-14)10-7-11-16(17)18(13)19(2)3;1-3-9-15(10-4-1)13-7-8-14-16-11-5-2-6-12-16;/h4-12,18H,1-3H3;1-14H;. The van der Waals surface area contributed by atoms with Gasteiger partial charge in [0.25, 0.3) is 0 Å². The molecule has 0 saturated carbocycles. The van der Waals surface area contributed by atoms with Crippen molar-refractivity contribution in [2.75, 3.05) is 0 Å². The van der Waals surface area contributed by atoms with E-state index in [1.807, 2.05) is 36.4 Å². The SMILES string of the molecule is C(C=Cc1ccccc1)=Cc1ccccc1.CC1=Cc2c(-c3ccccc3)cccc2C1[Si](C)C.[Ti]. The number of fused-ring (bicyclic) bond motifs is 1. The van der Waals surface area contributed by atoms with Crippen molar-refractivity contribution in [3.05, 3.63) is 149 Å². The molecular weight excluding hydrogens is 484 g/mol. The molecule has 0 heterocycles. The van der Waals surface area contributed by atoms with Gasteiger partial charge in [-0.1, -0.05) is 158 Å². The minimum absolute atomic E-state index is 0. The first kappa shape index (κ1) is 27.6. The van der Waals surface area contributed by atoms with Gasteiger partial charge in [0.1, 0.15) is 0 Å². The van der Waals surface area contributed by atoms with Gasteiger partial charge in [0, 0.05) is 21.7 Å². The third-order valence-corrected chi connectivity index (χ3v) is 8.15. The van der Waals surface area contributed by atoms with Gasteiger partial charge in [0.05, 0.1) is 8.80 Å². The fourth-order valence-corrected chi connectivity index (χ4v) is 6.52. The average Bonchev–Trinajstić information content (AvgIpc) is 3.25. The summed E-state index contributed by atoms with van der Waals surface area (Å²) >= 11 is 0. The van der Waals surface area contributed by atoms with E-state index in [1.165, 1.54) is 39.0 Å². The summed E-state index contributed by atoms with van der Waals surface area (Å²) in [6, 6.07) is 38.1. The first-order valence-corrected chi connectivity index (χ1v) is 14.8. The number of hydrogen-bond donors (Lipinski definition) is 0. The monoisotopic (exact) mass is 517 g/mol. The van der Waals surface area contributed by atoms with Gasteiger partial charge in [-0.2, -0.15) is 0 Å². The summed E-state index contributed by atoms with van der Waals surface area (Å²) in [4.78, 5) is 0. The molecule has 0 bridgehead atoms. The third-order valence-electron chi connectivity index (χ3n) is 6.23. The third kappa shape index (κ3) is 7.27. The van der Waals surface area contributed by atoms with Crippen molar-refractivity contribution in [1.82, 2.24) is 0 Å². The van der Waals surface area contributed by atoms with E-state index in [1.54, 1.807) is 0 Å². The Bertz CT molecular complexity index is 1260. The predicted octanol–water partition coefficient (Wildman–Crippen LogP) is 9.56. The van der Waals surface area contributed by atoms with Crippen LogP contribution in [0.4, 0.5) is 0 Å². The van der Waals surface area contributed by atoms with Crippen molar-refractivity contribution in [3.8, 4) is 11.1 Å². The van der Waals surface area contributed by atoms with Crippen LogP contribution in [0, 0.1) is 0 Å². The summed E-state index contributed by atoms with van der Waals surface area (Å²) in [5.41, 5.74) is 10.4. The van der Waals surface area contributed by atoms with Crippen LogP contribution in [0.2, 0.25) is 13.1 Å². The van der Waals surface area contributed by atoms with Crippen LogP contribution in [0.1, 0.15) is 34.7 Å². The zero-order valence-electron chi connectivity index (χ0n) is 21.4. The van der Waals surface area contributed by atoms with E-state index in [0.717, 1.165) is 0 Å². The van der Waals surface area contributed by atoms with Crippen molar-refractivity contribution < 1.29 is 21.7 Å². The van der Waals surface area contributed by atoms with E-state index >= 15 is 0 Å². The molecule has 0 aromatic heterocycles. The van der Waals surface area contributed by atoms with Crippen LogP contribution in [0.3, 0.4) is 0 Å². The van der Waals surface area contributed by atoms with E-state index in [2.05, 4.69) is 123 Å². The molecule has 0 nitrogen and oxygen atoms in total. The largest absolute Gasteiger partial charge is 0.0705 e. The van der Waals surface area contributed by atoms with Crippen LogP contribution in [-0.4, -0.2) is 8.80 Å². The Morgan fingerprint density at radius 1 is 0.611 bits per heavy atom. The summed E-state index contributed by atoms with van der Waals surface area (Å²) in [6.45, 7) is 7.12. The molecular formula is C34H33SiTi. The molecule has 2 heteroatoms. The second kappa shape index (κ2) is 13.9. The molecule has 0 fully saturated rings. The summed E-state index contributed by atoms with van der Waals surface area (Å²) in [5.74, 6) is 0. The van der Waals surface area contributed by atoms with Crippen molar-refractivity contribution in [1.29, 1.82) is 0 Å². The molecule has 5 rings (SSSR count). The molecule has 0 amide bonds. The minimum Gasteiger partial charge on any atom is -0.0705 e. The summed E-state index contributed by atoms with van der Waals surface area (Å²) < 4.78 is 0. The summed E-state index contributed by atoms with van der Waals surface area (Å²) in [6.07, 6.45) is 10.7. The van der Waals surface area contributed by atoms with Gasteiger partial charge in [0.15, 0.2) is 0 Å².